The highest BCUT2D eigenvalue weighted by Crippen LogP contribution is 2.30. The third-order valence-electron chi connectivity index (χ3n) is 3.97. The van der Waals surface area contributed by atoms with Crippen LogP contribution in [0.1, 0.15) is 10.4 Å². The summed E-state index contributed by atoms with van der Waals surface area (Å²) in [5.74, 6) is 0.305. The van der Waals surface area contributed by atoms with Crippen LogP contribution in [-0.2, 0) is 4.74 Å². The van der Waals surface area contributed by atoms with E-state index in [9.17, 15) is 4.79 Å². The zero-order valence-corrected chi connectivity index (χ0v) is 13.6. The number of methoxy groups -OCH3 is 1. The number of nitrogens with two attached hydrogens (primary N) is 1. The van der Waals surface area contributed by atoms with E-state index >= 15 is 0 Å². The lowest BCUT2D eigenvalue weighted by Gasteiger charge is -2.30. The van der Waals surface area contributed by atoms with E-state index < -0.39 is 0 Å². The molecule has 0 saturated carbocycles. The van der Waals surface area contributed by atoms with Crippen LogP contribution < -0.4 is 20.7 Å². The topological polar surface area (TPSA) is 76.8 Å². The number of rotatable bonds is 4. The Morgan fingerprint density at radius 1 is 1.21 bits per heavy atom. The summed E-state index contributed by atoms with van der Waals surface area (Å²) in [5, 5.41) is 2.96. The van der Waals surface area contributed by atoms with Gasteiger partial charge in [-0.15, -0.1) is 0 Å². The normalized spacial score (nSPS) is 14.3. The molecule has 0 radical (unpaired) electrons. The number of para-hydroxylation sites is 1. The predicted molar refractivity (Wildman–Crippen MR) is 94.8 cm³/mol. The Morgan fingerprint density at radius 2 is 1.96 bits per heavy atom. The first kappa shape index (κ1) is 16.1. The third-order valence-corrected chi connectivity index (χ3v) is 3.97. The van der Waals surface area contributed by atoms with E-state index in [-0.39, 0.29) is 5.91 Å². The van der Waals surface area contributed by atoms with E-state index in [0.29, 0.717) is 35.9 Å². The van der Waals surface area contributed by atoms with E-state index in [2.05, 4.69) is 10.2 Å². The van der Waals surface area contributed by atoms with Crippen molar-refractivity contribution in [3.63, 3.8) is 0 Å². The number of hydrogen-bond donors (Lipinski definition) is 2. The van der Waals surface area contributed by atoms with Crippen molar-refractivity contribution >= 4 is 23.0 Å². The molecule has 0 spiro atoms. The van der Waals surface area contributed by atoms with E-state index in [1.165, 1.54) is 0 Å². The van der Waals surface area contributed by atoms with Gasteiger partial charge in [-0.2, -0.15) is 0 Å². The Balaban J connectivity index is 1.88. The third kappa shape index (κ3) is 3.44. The molecule has 0 atom stereocenters. The second-order valence-corrected chi connectivity index (χ2v) is 5.53. The number of anilines is 3. The highest BCUT2D eigenvalue weighted by Gasteiger charge is 2.18. The minimum absolute atomic E-state index is 0.229. The molecule has 126 valence electrons. The molecule has 0 aliphatic carbocycles. The molecule has 1 amide bonds. The zero-order valence-electron chi connectivity index (χ0n) is 13.6. The number of amides is 1. The molecule has 0 unspecified atom stereocenters. The first-order chi connectivity index (χ1) is 11.7. The first-order valence-corrected chi connectivity index (χ1v) is 7.85. The van der Waals surface area contributed by atoms with Gasteiger partial charge in [0.15, 0.2) is 0 Å². The highest BCUT2D eigenvalue weighted by atomic mass is 16.5. The van der Waals surface area contributed by atoms with Gasteiger partial charge in [0, 0.05) is 18.8 Å². The largest absolute Gasteiger partial charge is 0.496 e. The van der Waals surface area contributed by atoms with Crippen molar-refractivity contribution in [1.82, 2.24) is 0 Å². The molecular formula is C18H21N3O3. The summed E-state index contributed by atoms with van der Waals surface area (Å²) < 4.78 is 10.7. The van der Waals surface area contributed by atoms with Gasteiger partial charge in [-0.3, -0.25) is 4.79 Å². The summed E-state index contributed by atoms with van der Waals surface area (Å²) in [6.45, 7) is 2.90. The number of nitrogen functional groups attached to an aromatic ring is 1. The fourth-order valence-electron chi connectivity index (χ4n) is 2.76. The maximum atomic E-state index is 12.7. The first-order valence-electron chi connectivity index (χ1n) is 7.85. The van der Waals surface area contributed by atoms with Crippen LogP contribution in [0.2, 0.25) is 0 Å². The van der Waals surface area contributed by atoms with E-state index in [0.717, 1.165) is 18.8 Å². The fraction of sp³-hybridized carbons (Fsp3) is 0.278. The van der Waals surface area contributed by atoms with Gasteiger partial charge in [-0.25, -0.2) is 0 Å². The van der Waals surface area contributed by atoms with Crippen LogP contribution in [0.5, 0.6) is 5.75 Å². The lowest BCUT2D eigenvalue weighted by molar-refractivity contribution is 0.102. The molecule has 2 aromatic carbocycles. The summed E-state index contributed by atoms with van der Waals surface area (Å²) >= 11 is 0. The number of morpholine rings is 1. The Labute approximate surface area is 141 Å². The van der Waals surface area contributed by atoms with Crippen LogP contribution in [0, 0.1) is 0 Å². The molecule has 1 fully saturated rings. The van der Waals surface area contributed by atoms with Crippen molar-refractivity contribution < 1.29 is 14.3 Å². The zero-order chi connectivity index (χ0) is 16.9. The van der Waals surface area contributed by atoms with Crippen LogP contribution in [0.3, 0.4) is 0 Å². The van der Waals surface area contributed by atoms with E-state index in [4.69, 9.17) is 15.2 Å². The van der Waals surface area contributed by atoms with Gasteiger partial charge < -0.3 is 25.4 Å². The van der Waals surface area contributed by atoms with Crippen LogP contribution in [-0.4, -0.2) is 39.3 Å². The molecular weight excluding hydrogens is 306 g/mol. The van der Waals surface area contributed by atoms with Crippen molar-refractivity contribution in [3.05, 3.63) is 48.0 Å². The Hall–Kier alpha value is -2.73. The van der Waals surface area contributed by atoms with E-state index in [1.807, 2.05) is 18.2 Å². The molecule has 1 saturated heterocycles. The van der Waals surface area contributed by atoms with Gasteiger partial charge in [0.25, 0.3) is 5.91 Å². The Kier molecular flexibility index (Phi) is 4.86. The summed E-state index contributed by atoms with van der Waals surface area (Å²) in [4.78, 5) is 14.8. The SMILES string of the molecule is COc1ccccc1C(=O)Nc1cc(N)ccc1N1CCOCC1. The monoisotopic (exact) mass is 327 g/mol. The van der Waals surface area contributed by atoms with Gasteiger partial charge in [-0.05, 0) is 30.3 Å². The fourth-order valence-corrected chi connectivity index (χ4v) is 2.76. The molecule has 1 aliphatic heterocycles. The smallest absolute Gasteiger partial charge is 0.259 e. The molecule has 0 bridgehead atoms. The number of benzene rings is 2. The van der Waals surface area contributed by atoms with Crippen LogP contribution in [0.4, 0.5) is 17.1 Å². The Bertz CT molecular complexity index is 727. The number of carbonyl (C=O) groups is 1. The number of carbonyl (C=O) groups excluding carboxylic acids is 1. The van der Waals surface area contributed by atoms with Crippen LogP contribution >= 0.6 is 0 Å². The molecule has 24 heavy (non-hydrogen) atoms. The van der Waals surface area contributed by atoms with Gasteiger partial charge in [-0.1, -0.05) is 12.1 Å². The van der Waals surface area contributed by atoms with Crippen molar-refractivity contribution in [1.29, 1.82) is 0 Å². The maximum absolute atomic E-state index is 12.7. The molecule has 0 aromatic heterocycles. The quantitative estimate of drug-likeness (QED) is 0.843. The molecule has 3 N–H and O–H groups in total. The van der Waals surface area contributed by atoms with Crippen molar-refractivity contribution in [2.24, 2.45) is 0 Å². The van der Waals surface area contributed by atoms with E-state index in [1.54, 1.807) is 31.4 Å². The Morgan fingerprint density at radius 3 is 2.71 bits per heavy atom. The van der Waals surface area contributed by atoms with Crippen molar-refractivity contribution in [2.45, 2.75) is 0 Å². The number of nitrogens with zero attached hydrogens (tertiary/aromatic N) is 1. The minimum atomic E-state index is -0.229. The predicted octanol–water partition coefficient (Wildman–Crippen LogP) is 2.37. The average Bonchev–Trinajstić information content (AvgIpc) is 2.62. The number of ether oxygens (including phenoxy) is 2. The molecule has 1 aliphatic rings. The van der Waals surface area contributed by atoms with Gasteiger partial charge in [0.05, 0.1) is 37.3 Å². The van der Waals surface area contributed by atoms with Gasteiger partial charge in [0.2, 0.25) is 0 Å². The van der Waals surface area contributed by atoms with Gasteiger partial charge in [0.1, 0.15) is 5.75 Å². The molecule has 6 nitrogen and oxygen atoms in total. The number of nitrogens with one attached hydrogen (secondary N) is 1. The molecule has 3 rings (SSSR count). The van der Waals surface area contributed by atoms with Crippen LogP contribution in [0.25, 0.3) is 0 Å². The molecule has 1 heterocycles. The molecule has 6 heteroatoms. The highest BCUT2D eigenvalue weighted by molar-refractivity contribution is 6.08. The summed E-state index contributed by atoms with van der Waals surface area (Å²) in [6.07, 6.45) is 0. The number of hydrogen-bond acceptors (Lipinski definition) is 5. The molecule has 2 aromatic rings. The second-order valence-electron chi connectivity index (χ2n) is 5.53. The van der Waals surface area contributed by atoms with Crippen molar-refractivity contribution in [3.8, 4) is 5.75 Å². The van der Waals surface area contributed by atoms with Gasteiger partial charge >= 0.3 is 0 Å². The summed E-state index contributed by atoms with van der Waals surface area (Å²) in [6, 6.07) is 12.7. The summed E-state index contributed by atoms with van der Waals surface area (Å²) in [5.41, 5.74) is 8.62. The maximum Gasteiger partial charge on any atom is 0.259 e. The standard InChI is InChI=1S/C18H21N3O3/c1-23-17-5-3-2-4-14(17)18(22)20-15-12-13(19)6-7-16(15)21-8-10-24-11-9-21/h2-7,12H,8-11,19H2,1H3,(H,20,22). The minimum Gasteiger partial charge on any atom is -0.496 e. The average molecular weight is 327 g/mol. The summed E-state index contributed by atoms with van der Waals surface area (Å²) in [7, 11) is 1.55. The second kappa shape index (κ2) is 7.23. The lowest BCUT2D eigenvalue weighted by atomic mass is 10.1. The van der Waals surface area contributed by atoms with Crippen LogP contribution in [0.15, 0.2) is 42.5 Å². The lowest BCUT2D eigenvalue weighted by Crippen LogP contribution is -2.36. The van der Waals surface area contributed by atoms with Crippen molar-refractivity contribution in [2.75, 3.05) is 49.4 Å².